The number of piperazine rings is 1. The van der Waals surface area contributed by atoms with Crippen molar-refractivity contribution in [2.75, 3.05) is 32.8 Å². The number of nitrogens with zero attached hydrogens (tertiary/aromatic N) is 5. The van der Waals surface area contributed by atoms with Gasteiger partial charge in [-0.1, -0.05) is 0 Å². The van der Waals surface area contributed by atoms with E-state index < -0.39 is 0 Å². The fourth-order valence-corrected chi connectivity index (χ4v) is 2.64. The monoisotopic (exact) mass is 317 g/mol. The Bertz CT molecular complexity index is 734. The van der Waals surface area contributed by atoms with Crippen LogP contribution in [0.1, 0.15) is 23.1 Å². The van der Waals surface area contributed by atoms with Gasteiger partial charge in [0.15, 0.2) is 5.65 Å². The molecule has 8 nitrogen and oxygen atoms in total. The summed E-state index contributed by atoms with van der Waals surface area (Å²) in [4.78, 5) is 32.0. The largest absolute Gasteiger partial charge is 0.450 e. The molecule has 0 N–H and O–H groups in total. The van der Waals surface area contributed by atoms with E-state index in [0.717, 1.165) is 5.69 Å². The van der Waals surface area contributed by atoms with E-state index >= 15 is 0 Å². The number of carbonyl (C=O) groups is 2. The highest BCUT2D eigenvalue weighted by Gasteiger charge is 2.26. The first kappa shape index (κ1) is 15.3. The first-order valence-corrected chi connectivity index (χ1v) is 7.62. The normalized spacial score (nSPS) is 15.0. The fraction of sp³-hybridized carbons (Fsp3) is 0.467. The Morgan fingerprint density at radius 3 is 2.61 bits per heavy atom. The number of hydrogen-bond acceptors (Lipinski definition) is 5. The van der Waals surface area contributed by atoms with Gasteiger partial charge < -0.3 is 14.5 Å². The van der Waals surface area contributed by atoms with E-state index in [9.17, 15) is 9.59 Å². The SMILES string of the molecule is CCOC(=O)N1CCN(C(=O)c2ccnc3cc(C)nn23)CC1. The van der Waals surface area contributed by atoms with Crippen LogP contribution in [0.4, 0.5) is 4.79 Å². The van der Waals surface area contributed by atoms with Crippen molar-refractivity contribution in [3.8, 4) is 0 Å². The maximum Gasteiger partial charge on any atom is 0.409 e. The standard InChI is InChI=1S/C15H19N5O3/c1-3-23-15(22)19-8-6-18(7-9-19)14(21)12-4-5-16-13-10-11(2)17-20(12)13/h4-5,10H,3,6-9H2,1-2H3. The van der Waals surface area contributed by atoms with Crippen LogP contribution < -0.4 is 0 Å². The molecular weight excluding hydrogens is 298 g/mol. The molecule has 23 heavy (non-hydrogen) atoms. The van der Waals surface area contributed by atoms with Crippen LogP contribution in [-0.4, -0.2) is 69.2 Å². The third-order valence-corrected chi connectivity index (χ3v) is 3.79. The molecule has 2 amide bonds. The van der Waals surface area contributed by atoms with Gasteiger partial charge in [0.1, 0.15) is 5.69 Å². The second-order valence-electron chi connectivity index (χ2n) is 5.36. The summed E-state index contributed by atoms with van der Waals surface area (Å²) in [6.07, 6.45) is 1.28. The van der Waals surface area contributed by atoms with Crippen LogP contribution in [0.5, 0.6) is 0 Å². The third-order valence-electron chi connectivity index (χ3n) is 3.79. The highest BCUT2D eigenvalue weighted by molar-refractivity contribution is 5.93. The molecule has 0 spiro atoms. The zero-order valence-electron chi connectivity index (χ0n) is 13.2. The highest BCUT2D eigenvalue weighted by atomic mass is 16.6. The van der Waals surface area contributed by atoms with Gasteiger partial charge in [-0.25, -0.2) is 14.3 Å². The van der Waals surface area contributed by atoms with Crippen molar-refractivity contribution in [3.63, 3.8) is 0 Å². The lowest BCUT2D eigenvalue weighted by molar-refractivity contribution is 0.0563. The maximum atomic E-state index is 12.7. The summed E-state index contributed by atoms with van der Waals surface area (Å²) in [6, 6.07) is 3.50. The van der Waals surface area contributed by atoms with E-state index in [1.165, 1.54) is 0 Å². The molecule has 0 unspecified atom stereocenters. The molecule has 2 aromatic heterocycles. The molecule has 8 heteroatoms. The molecule has 2 aromatic rings. The molecule has 0 radical (unpaired) electrons. The number of aryl methyl sites for hydroxylation is 1. The summed E-state index contributed by atoms with van der Waals surface area (Å²) in [7, 11) is 0. The second-order valence-corrected chi connectivity index (χ2v) is 5.36. The molecule has 122 valence electrons. The average molecular weight is 317 g/mol. The van der Waals surface area contributed by atoms with Crippen LogP contribution in [0.2, 0.25) is 0 Å². The number of amides is 2. The Balaban J connectivity index is 1.73. The van der Waals surface area contributed by atoms with Crippen molar-refractivity contribution >= 4 is 17.6 Å². The first-order valence-electron chi connectivity index (χ1n) is 7.62. The van der Waals surface area contributed by atoms with Gasteiger partial charge in [-0.05, 0) is 19.9 Å². The van der Waals surface area contributed by atoms with Crippen molar-refractivity contribution in [1.82, 2.24) is 24.4 Å². The summed E-state index contributed by atoms with van der Waals surface area (Å²) >= 11 is 0. The van der Waals surface area contributed by atoms with Crippen LogP contribution in [0.25, 0.3) is 5.65 Å². The van der Waals surface area contributed by atoms with Gasteiger partial charge in [0.2, 0.25) is 0 Å². The molecule has 1 saturated heterocycles. The van der Waals surface area contributed by atoms with Gasteiger partial charge in [-0.3, -0.25) is 4.79 Å². The Hall–Kier alpha value is -2.64. The molecule has 3 heterocycles. The molecular formula is C15H19N5O3. The minimum Gasteiger partial charge on any atom is -0.450 e. The van der Waals surface area contributed by atoms with Crippen molar-refractivity contribution in [3.05, 3.63) is 29.7 Å². The first-order chi connectivity index (χ1) is 11.1. The number of hydrogen-bond donors (Lipinski definition) is 0. The van der Waals surface area contributed by atoms with Crippen molar-refractivity contribution < 1.29 is 14.3 Å². The lowest BCUT2D eigenvalue weighted by atomic mass is 10.2. The molecule has 0 bridgehead atoms. The molecule has 0 atom stereocenters. The number of aromatic nitrogens is 3. The molecule has 1 aliphatic heterocycles. The van der Waals surface area contributed by atoms with E-state index in [2.05, 4.69) is 10.1 Å². The predicted octanol–water partition coefficient (Wildman–Crippen LogP) is 0.952. The lowest BCUT2D eigenvalue weighted by Gasteiger charge is -2.34. The highest BCUT2D eigenvalue weighted by Crippen LogP contribution is 2.12. The quantitative estimate of drug-likeness (QED) is 0.824. The molecule has 1 aliphatic rings. The van der Waals surface area contributed by atoms with Gasteiger partial charge in [-0.2, -0.15) is 5.10 Å². The Morgan fingerprint density at radius 2 is 1.91 bits per heavy atom. The number of carbonyl (C=O) groups excluding carboxylic acids is 2. The van der Waals surface area contributed by atoms with Gasteiger partial charge in [-0.15, -0.1) is 0 Å². The average Bonchev–Trinajstić information content (AvgIpc) is 2.94. The van der Waals surface area contributed by atoms with Crippen molar-refractivity contribution in [2.45, 2.75) is 13.8 Å². The van der Waals surface area contributed by atoms with E-state index in [4.69, 9.17) is 4.74 Å². The second kappa shape index (κ2) is 6.23. The minimum atomic E-state index is -0.325. The minimum absolute atomic E-state index is 0.107. The Kier molecular flexibility index (Phi) is 4.14. The van der Waals surface area contributed by atoms with Gasteiger partial charge in [0.05, 0.1) is 12.3 Å². The van der Waals surface area contributed by atoms with Crippen LogP contribution >= 0.6 is 0 Å². The number of ether oxygens (including phenoxy) is 1. The fourth-order valence-electron chi connectivity index (χ4n) is 2.64. The zero-order valence-corrected chi connectivity index (χ0v) is 13.2. The van der Waals surface area contributed by atoms with Gasteiger partial charge in [0, 0.05) is 38.4 Å². The Labute approximate surface area is 133 Å². The molecule has 0 aliphatic carbocycles. The summed E-state index contributed by atoms with van der Waals surface area (Å²) in [6.45, 7) is 5.88. The number of rotatable bonds is 2. The third kappa shape index (κ3) is 2.96. The van der Waals surface area contributed by atoms with Crippen molar-refractivity contribution in [2.24, 2.45) is 0 Å². The van der Waals surface area contributed by atoms with Crippen molar-refractivity contribution in [1.29, 1.82) is 0 Å². The summed E-state index contributed by atoms with van der Waals surface area (Å²) in [5, 5.41) is 4.32. The summed E-state index contributed by atoms with van der Waals surface area (Å²) in [5.41, 5.74) is 1.94. The van der Waals surface area contributed by atoms with Crippen LogP contribution in [-0.2, 0) is 4.74 Å². The van der Waals surface area contributed by atoms with Crippen LogP contribution in [0.3, 0.4) is 0 Å². The summed E-state index contributed by atoms with van der Waals surface area (Å²) in [5.74, 6) is -0.107. The van der Waals surface area contributed by atoms with Crippen LogP contribution in [0, 0.1) is 6.92 Å². The van der Waals surface area contributed by atoms with E-state index in [0.29, 0.717) is 44.1 Å². The maximum absolute atomic E-state index is 12.7. The van der Waals surface area contributed by atoms with Gasteiger partial charge >= 0.3 is 6.09 Å². The van der Waals surface area contributed by atoms with E-state index in [1.807, 2.05) is 13.0 Å². The molecule has 0 aromatic carbocycles. The van der Waals surface area contributed by atoms with Crippen LogP contribution in [0.15, 0.2) is 18.3 Å². The molecule has 0 saturated carbocycles. The zero-order chi connectivity index (χ0) is 16.4. The lowest BCUT2D eigenvalue weighted by Crippen LogP contribution is -2.51. The Morgan fingerprint density at radius 1 is 1.22 bits per heavy atom. The topological polar surface area (TPSA) is 80.0 Å². The number of fused-ring (bicyclic) bond motifs is 1. The molecule has 3 rings (SSSR count). The summed E-state index contributed by atoms with van der Waals surface area (Å²) < 4.78 is 6.55. The van der Waals surface area contributed by atoms with E-state index in [-0.39, 0.29) is 12.0 Å². The van der Waals surface area contributed by atoms with E-state index in [1.54, 1.807) is 33.5 Å². The van der Waals surface area contributed by atoms with Gasteiger partial charge in [0.25, 0.3) is 5.91 Å². The predicted molar refractivity (Wildman–Crippen MR) is 82.2 cm³/mol. The smallest absolute Gasteiger partial charge is 0.409 e. The molecule has 1 fully saturated rings.